The van der Waals surface area contributed by atoms with Gasteiger partial charge in [-0.3, -0.25) is 9.78 Å². The van der Waals surface area contributed by atoms with Crippen molar-refractivity contribution in [2.24, 2.45) is 0 Å². The Hall–Kier alpha value is -2.09. The molecule has 1 fully saturated rings. The van der Waals surface area contributed by atoms with Crippen molar-refractivity contribution in [2.45, 2.75) is 25.3 Å². The van der Waals surface area contributed by atoms with Crippen LogP contribution >= 0.6 is 0 Å². The zero-order chi connectivity index (χ0) is 13.0. The molecule has 1 aliphatic carbocycles. The second kappa shape index (κ2) is 5.50. The van der Waals surface area contributed by atoms with Gasteiger partial charge in [0.25, 0.3) is 5.91 Å². The number of nitrogens with one attached hydrogen (secondary N) is 1. The number of aromatic nitrogens is 1. The summed E-state index contributed by atoms with van der Waals surface area (Å²) in [6.07, 6.45) is 4.05. The molecule has 1 N–H and O–H groups in total. The lowest BCUT2D eigenvalue weighted by Gasteiger charge is -2.20. The van der Waals surface area contributed by atoms with E-state index in [1.54, 1.807) is 24.2 Å². The predicted octanol–water partition coefficient (Wildman–Crippen LogP) is 1.64. The molecule has 0 aliphatic heterocycles. The maximum Gasteiger partial charge on any atom is 0.272 e. The molecule has 1 aliphatic rings. The van der Waals surface area contributed by atoms with Crippen LogP contribution in [0.2, 0.25) is 0 Å². The number of rotatable bonds is 5. The Bertz CT molecular complexity index is 476. The van der Waals surface area contributed by atoms with Crippen molar-refractivity contribution in [1.29, 1.82) is 5.26 Å². The summed E-state index contributed by atoms with van der Waals surface area (Å²) in [5.41, 5.74) is 1.30. The summed E-state index contributed by atoms with van der Waals surface area (Å²) < 4.78 is 0. The van der Waals surface area contributed by atoms with Crippen LogP contribution in [0.25, 0.3) is 0 Å². The van der Waals surface area contributed by atoms with Gasteiger partial charge in [-0.2, -0.15) is 5.26 Å². The largest absolute Gasteiger partial charge is 0.388 e. The molecule has 18 heavy (non-hydrogen) atoms. The second-order valence-electron chi connectivity index (χ2n) is 4.32. The zero-order valence-electron chi connectivity index (χ0n) is 10.4. The second-order valence-corrected chi connectivity index (χ2v) is 4.32. The van der Waals surface area contributed by atoms with Crippen molar-refractivity contribution in [2.75, 3.05) is 18.9 Å². The number of nitriles is 1. The van der Waals surface area contributed by atoms with Crippen LogP contribution in [0.4, 0.5) is 5.69 Å². The normalized spacial score (nSPS) is 13.8. The zero-order valence-corrected chi connectivity index (χ0v) is 10.4. The Labute approximate surface area is 106 Å². The third-order valence-corrected chi connectivity index (χ3v) is 2.98. The molecular weight excluding hydrogens is 228 g/mol. The van der Waals surface area contributed by atoms with Gasteiger partial charge in [0.15, 0.2) is 0 Å². The van der Waals surface area contributed by atoms with Gasteiger partial charge in [0.1, 0.15) is 5.69 Å². The van der Waals surface area contributed by atoms with E-state index in [1.807, 2.05) is 6.07 Å². The number of anilines is 1. The lowest BCUT2D eigenvalue weighted by atomic mass is 10.2. The number of amides is 1. The van der Waals surface area contributed by atoms with Gasteiger partial charge < -0.3 is 10.2 Å². The Morgan fingerprint density at radius 1 is 1.67 bits per heavy atom. The van der Waals surface area contributed by atoms with Gasteiger partial charge in [-0.1, -0.05) is 0 Å². The van der Waals surface area contributed by atoms with Crippen molar-refractivity contribution in [3.63, 3.8) is 0 Å². The maximum atomic E-state index is 12.3. The summed E-state index contributed by atoms with van der Waals surface area (Å²) in [5, 5.41) is 11.6. The van der Waals surface area contributed by atoms with E-state index in [2.05, 4.69) is 16.4 Å². The fourth-order valence-electron chi connectivity index (χ4n) is 1.86. The highest BCUT2D eigenvalue weighted by Crippen LogP contribution is 2.28. The van der Waals surface area contributed by atoms with E-state index < -0.39 is 0 Å². The topological polar surface area (TPSA) is 69.0 Å². The smallest absolute Gasteiger partial charge is 0.272 e. The highest BCUT2D eigenvalue weighted by atomic mass is 16.2. The van der Waals surface area contributed by atoms with Crippen molar-refractivity contribution < 1.29 is 4.79 Å². The Balaban J connectivity index is 2.14. The average molecular weight is 244 g/mol. The number of hydrogen-bond donors (Lipinski definition) is 1. The fraction of sp³-hybridized carbons (Fsp3) is 0.462. The number of carbonyl (C=O) groups excluding carboxylic acids is 1. The van der Waals surface area contributed by atoms with E-state index in [4.69, 9.17) is 5.26 Å². The molecule has 94 valence electrons. The Morgan fingerprint density at radius 2 is 2.44 bits per heavy atom. The van der Waals surface area contributed by atoms with Crippen LogP contribution in [0.3, 0.4) is 0 Å². The summed E-state index contributed by atoms with van der Waals surface area (Å²) in [4.78, 5) is 18.2. The van der Waals surface area contributed by atoms with E-state index in [0.29, 0.717) is 24.7 Å². The van der Waals surface area contributed by atoms with Crippen molar-refractivity contribution in [3.8, 4) is 6.07 Å². The summed E-state index contributed by atoms with van der Waals surface area (Å²) in [5.74, 6) is -0.0788. The molecule has 0 atom stereocenters. The molecule has 1 amide bonds. The molecule has 0 saturated heterocycles. The van der Waals surface area contributed by atoms with Gasteiger partial charge in [-0.15, -0.1) is 0 Å². The number of nitrogens with zero attached hydrogens (tertiary/aromatic N) is 3. The number of hydrogen-bond acceptors (Lipinski definition) is 4. The van der Waals surface area contributed by atoms with Crippen LogP contribution < -0.4 is 5.32 Å². The lowest BCUT2D eigenvalue weighted by molar-refractivity contribution is 0.0741. The van der Waals surface area contributed by atoms with E-state index in [-0.39, 0.29) is 5.91 Å². The molecule has 5 heteroatoms. The van der Waals surface area contributed by atoms with E-state index in [1.165, 1.54) is 0 Å². The van der Waals surface area contributed by atoms with Crippen LogP contribution in [-0.4, -0.2) is 35.4 Å². The van der Waals surface area contributed by atoms with Crippen molar-refractivity contribution >= 4 is 11.6 Å². The highest BCUT2D eigenvalue weighted by Gasteiger charge is 2.33. The fourth-order valence-corrected chi connectivity index (χ4v) is 1.86. The number of pyridine rings is 1. The summed E-state index contributed by atoms with van der Waals surface area (Å²) >= 11 is 0. The van der Waals surface area contributed by atoms with E-state index >= 15 is 0 Å². The van der Waals surface area contributed by atoms with Crippen LogP contribution in [0.15, 0.2) is 18.3 Å². The van der Waals surface area contributed by atoms with Gasteiger partial charge >= 0.3 is 0 Å². The molecule has 1 heterocycles. The van der Waals surface area contributed by atoms with Crippen molar-refractivity contribution in [3.05, 3.63) is 24.0 Å². The van der Waals surface area contributed by atoms with Crippen LogP contribution in [0.5, 0.6) is 0 Å². The molecule has 0 spiro atoms. The molecule has 1 aromatic heterocycles. The summed E-state index contributed by atoms with van der Waals surface area (Å²) in [6, 6.07) is 5.93. The standard InChI is InChI=1S/C13H16N4O/c1-15-10-5-7-16-12(9-10)13(18)17(8-2-6-14)11-3-4-11/h5,7,9,11H,2-4,8H2,1H3,(H,15,16). The lowest BCUT2D eigenvalue weighted by Crippen LogP contribution is -2.34. The first kappa shape index (κ1) is 12.4. The monoisotopic (exact) mass is 244 g/mol. The van der Waals surface area contributed by atoms with Crippen LogP contribution in [-0.2, 0) is 0 Å². The van der Waals surface area contributed by atoms with Crippen LogP contribution in [0.1, 0.15) is 29.8 Å². The van der Waals surface area contributed by atoms with Crippen molar-refractivity contribution in [1.82, 2.24) is 9.88 Å². The van der Waals surface area contributed by atoms with Gasteiger partial charge in [-0.25, -0.2) is 0 Å². The van der Waals surface area contributed by atoms with E-state index in [9.17, 15) is 4.79 Å². The third kappa shape index (κ3) is 2.77. The third-order valence-electron chi connectivity index (χ3n) is 2.98. The minimum absolute atomic E-state index is 0.0788. The molecule has 1 aromatic rings. The predicted molar refractivity (Wildman–Crippen MR) is 68.1 cm³/mol. The van der Waals surface area contributed by atoms with Gasteiger partial charge in [0, 0.05) is 31.5 Å². The molecule has 1 saturated carbocycles. The first-order chi connectivity index (χ1) is 8.76. The number of carbonyl (C=O) groups is 1. The molecule has 0 radical (unpaired) electrons. The summed E-state index contributed by atoms with van der Waals surface area (Å²) in [6.45, 7) is 0.492. The summed E-state index contributed by atoms with van der Waals surface area (Å²) in [7, 11) is 1.80. The van der Waals surface area contributed by atoms with Gasteiger partial charge in [0.05, 0.1) is 12.5 Å². The SMILES string of the molecule is CNc1ccnc(C(=O)N(CCC#N)C2CC2)c1. The van der Waals surface area contributed by atoms with Gasteiger partial charge in [0.2, 0.25) is 0 Å². The molecule has 2 rings (SSSR count). The average Bonchev–Trinajstić information content (AvgIpc) is 3.23. The van der Waals surface area contributed by atoms with Gasteiger partial charge in [-0.05, 0) is 25.0 Å². The Morgan fingerprint density at radius 3 is 3.06 bits per heavy atom. The first-order valence-corrected chi connectivity index (χ1v) is 6.08. The molecule has 0 unspecified atom stereocenters. The maximum absolute atomic E-state index is 12.3. The molecule has 5 nitrogen and oxygen atoms in total. The van der Waals surface area contributed by atoms with Crippen LogP contribution in [0, 0.1) is 11.3 Å². The molecule has 0 aromatic carbocycles. The minimum Gasteiger partial charge on any atom is -0.388 e. The molecular formula is C13H16N4O. The molecule has 0 bridgehead atoms. The minimum atomic E-state index is -0.0788. The highest BCUT2D eigenvalue weighted by molar-refractivity contribution is 5.93. The quantitative estimate of drug-likeness (QED) is 0.855. The van der Waals surface area contributed by atoms with E-state index in [0.717, 1.165) is 18.5 Å². The first-order valence-electron chi connectivity index (χ1n) is 6.08. The Kier molecular flexibility index (Phi) is 3.78.